The zero-order chi connectivity index (χ0) is 17.9. The van der Waals surface area contributed by atoms with Gasteiger partial charge in [-0.3, -0.25) is 14.6 Å². The first-order chi connectivity index (χ1) is 12.7. The lowest BCUT2D eigenvalue weighted by molar-refractivity contribution is 0.0932. The van der Waals surface area contributed by atoms with E-state index >= 15 is 0 Å². The molecule has 0 saturated heterocycles. The summed E-state index contributed by atoms with van der Waals surface area (Å²) in [6, 6.07) is 9.03. The first-order valence-electron chi connectivity index (χ1n) is 8.64. The summed E-state index contributed by atoms with van der Waals surface area (Å²) in [4.78, 5) is 28.7. The monoisotopic (exact) mass is 349 g/mol. The highest BCUT2D eigenvalue weighted by Crippen LogP contribution is 2.21. The van der Waals surface area contributed by atoms with Crippen molar-refractivity contribution in [2.75, 3.05) is 0 Å². The van der Waals surface area contributed by atoms with Crippen molar-refractivity contribution in [1.82, 2.24) is 14.9 Å². The van der Waals surface area contributed by atoms with Crippen molar-refractivity contribution >= 4 is 5.91 Å². The van der Waals surface area contributed by atoms with Crippen LogP contribution in [0.5, 0.6) is 0 Å². The van der Waals surface area contributed by atoms with Crippen molar-refractivity contribution in [1.29, 1.82) is 0 Å². The van der Waals surface area contributed by atoms with Crippen LogP contribution in [0.25, 0.3) is 0 Å². The third kappa shape index (κ3) is 3.31. The fourth-order valence-corrected chi connectivity index (χ4v) is 3.46. The van der Waals surface area contributed by atoms with Gasteiger partial charge in [0, 0.05) is 30.2 Å². The Labute approximate surface area is 150 Å². The number of carbonyl (C=O) groups is 1. The second-order valence-corrected chi connectivity index (χ2v) is 6.52. The van der Waals surface area contributed by atoms with E-state index in [0.717, 1.165) is 29.7 Å². The third-order valence-electron chi connectivity index (χ3n) is 4.77. The molecule has 0 radical (unpaired) electrons. The molecule has 0 spiro atoms. The maximum Gasteiger partial charge on any atom is 0.254 e. The fourth-order valence-electron chi connectivity index (χ4n) is 3.46. The molecule has 0 aromatic carbocycles. The van der Waals surface area contributed by atoms with Crippen molar-refractivity contribution in [2.45, 2.75) is 31.8 Å². The number of fused-ring (bicyclic) bond motifs is 1. The summed E-state index contributed by atoms with van der Waals surface area (Å²) in [6.07, 6.45) is 8.70. The number of aromatic nitrogens is 2. The number of furan rings is 1. The molecule has 6 heteroatoms. The van der Waals surface area contributed by atoms with Gasteiger partial charge in [-0.2, -0.15) is 0 Å². The largest absolute Gasteiger partial charge is 0.472 e. The zero-order valence-corrected chi connectivity index (χ0v) is 14.2. The topological polar surface area (TPSA) is 77.1 Å². The van der Waals surface area contributed by atoms with E-state index in [-0.39, 0.29) is 17.5 Å². The predicted octanol–water partition coefficient (Wildman–Crippen LogP) is 2.17. The van der Waals surface area contributed by atoms with Gasteiger partial charge < -0.3 is 14.3 Å². The minimum absolute atomic E-state index is 0.00603. The first kappa shape index (κ1) is 16.3. The van der Waals surface area contributed by atoms with Gasteiger partial charge in [-0.15, -0.1) is 0 Å². The van der Waals surface area contributed by atoms with Gasteiger partial charge in [0.1, 0.15) is 6.26 Å². The number of nitrogens with zero attached hydrogens (tertiary/aromatic N) is 2. The van der Waals surface area contributed by atoms with Gasteiger partial charge in [0.05, 0.1) is 18.4 Å². The highest BCUT2D eigenvalue weighted by Gasteiger charge is 2.23. The van der Waals surface area contributed by atoms with Gasteiger partial charge in [-0.1, -0.05) is 12.1 Å². The van der Waals surface area contributed by atoms with Crippen LogP contribution in [-0.2, 0) is 19.4 Å². The van der Waals surface area contributed by atoms with Gasteiger partial charge in [0.15, 0.2) is 0 Å². The minimum atomic E-state index is -0.129. The lowest BCUT2D eigenvalue weighted by Crippen LogP contribution is -2.40. The molecule has 0 unspecified atom stereocenters. The van der Waals surface area contributed by atoms with Crippen LogP contribution >= 0.6 is 0 Å². The number of rotatable bonds is 4. The fraction of sp³-hybridized carbons (Fsp3) is 0.250. The standard InChI is InChI=1S/C20H19N3O3/c24-19-6-3-15-10-17(22-20(25)16-7-9-26-13-16)4-5-18(15)23(19)12-14-2-1-8-21-11-14/h1-3,6-9,11,13,17H,4-5,10,12H2,(H,22,25)/t17-/m0/s1. The molecular formula is C20H19N3O3. The Hall–Kier alpha value is -3.15. The van der Waals surface area contributed by atoms with Crippen LogP contribution in [0, 0.1) is 0 Å². The van der Waals surface area contributed by atoms with Crippen molar-refractivity contribution in [3.05, 3.63) is 88.0 Å². The van der Waals surface area contributed by atoms with E-state index in [1.54, 1.807) is 24.5 Å². The molecule has 132 valence electrons. The molecular weight excluding hydrogens is 330 g/mol. The Balaban J connectivity index is 1.54. The quantitative estimate of drug-likeness (QED) is 0.783. The lowest BCUT2D eigenvalue weighted by Gasteiger charge is -2.27. The average Bonchev–Trinajstić information content (AvgIpc) is 3.20. The summed E-state index contributed by atoms with van der Waals surface area (Å²) in [5, 5.41) is 3.05. The summed E-state index contributed by atoms with van der Waals surface area (Å²) in [5.74, 6) is -0.129. The van der Waals surface area contributed by atoms with Gasteiger partial charge >= 0.3 is 0 Å². The molecule has 3 aromatic rings. The van der Waals surface area contributed by atoms with Crippen LogP contribution in [-0.4, -0.2) is 21.5 Å². The van der Waals surface area contributed by atoms with Crippen LogP contribution in [0.4, 0.5) is 0 Å². The normalized spacial score (nSPS) is 16.1. The number of hydrogen-bond donors (Lipinski definition) is 1. The van der Waals surface area contributed by atoms with E-state index in [9.17, 15) is 9.59 Å². The average molecular weight is 349 g/mol. The number of nitrogens with one attached hydrogen (secondary N) is 1. The summed E-state index contributed by atoms with van der Waals surface area (Å²) in [7, 11) is 0. The summed E-state index contributed by atoms with van der Waals surface area (Å²) < 4.78 is 6.78. The molecule has 0 saturated carbocycles. The Morgan fingerprint density at radius 1 is 1.31 bits per heavy atom. The first-order valence-corrected chi connectivity index (χ1v) is 8.64. The molecule has 1 aliphatic rings. The predicted molar refractivity (Wildman–Crippen MR) is 96.0 cm³/mol. The Kier molecular flexibility index (Phi) is 4.39. The highest BCUT2D eigenvalue weighted by atomic mass is 16.3. The lowest BCUT2D eigenvalue weighted by atomic mass is 9.91. The minimum Gasteiger partial charge on any atom is -0.472 e. The molecule has 1 amide bonds. The van der Waals surface area contributed by atoms with Crippen LogP contribution in [0.2, 0.25) is 0 Å². The van der Waals surface area contributed by atoms with Crippen LogP contribution in [0.1, 0.15) is 33.6 Å². The summed E-state index contributed by atoms with van der Waals surface area (Å²) >= 11 is 0. The van der Waals surface area contributed by atoms with Crippen molar-refractivity contribution in [3.63, 3.8) is 0 Å². The maximum atomic E-state index is 12.4. The second-order valence-electron chi connectivity index (χ2n) is 6.52. The Morgan fingerprint density at radius 3 is 3.00 bits per heavy atom. The molecule has 3 heterocycles. The Morgan fingerprint density at radius 2 is 2.23 bits per heavy atom. The molecule has 0 aliphatic heterocycles. The molecule has 1 N–H and O–H groups in total. The molecule has 1 aliphatic carbocycles. The summed E-state index contributed by atoms with van der Waals surface area (Å²) in [5.41, 5.74) is 3.68. The SMILES string of the molecule is O=C(N[C@H]1CCc2c(ccc(=O)n2Cc2cccnc2)C1)c1ccoc1. The molecule has 6 nitrogen and oxygen atoms in total. The van der Waals surface area contributed by atoms with Gasteiger partial charge in [-0.05, 0) is 42.5 Å². The van der Waals surface area contributed by atoms with Crippen LogP contribution < -0.4 is 10.9 Å². The van der Waals surface area contributed by atoms with Gasteiger partial charge in [0.2, 0.25) is 0 Å². The van der Waals surface area contributed by atoms with E-state index in [1.807, 2.05) is 22.8 Å². The van der Waals surface area contributed by atoms with Crippen molar-refractivity contribution < 1.29 is 9.21 Å². The van der Waals surface area contributed by atoms with E-state index in [4.69, 9.17) is 4.42 Å². The number of hydrogen-bond acceptors (Lipinski definition) is 4. The van der Waals surface area contributed by atoms with E-state index in [0.29, 0.717) is 18.5 Å². The van der Waals surface area contributed by atoms with E-state index in [1.165, 1.54) is 12.5 Å². The van der Waals surface area contributed by atoms with Crippen LogP contribution in [0.3, 0.4) is 0 Å². The molecule has 0 bridgehead atoms. The van der Waals surface area contributed by atoms with Crippen LogP contribution in [0.15, 0.2) is 64.5 Å². The smallest absolute Gasteiger partial charge is 0.254 e. The zero-order valence-electron chi connectivity index (χ0n) is 14.2. The third-order valence-corrected chi connectivity index (χ3v) is 4.77. The number of carbonyl (C=O) groups excluding carboxylic acids is 1. The van der Waals surface area contributed by atoms with Crippen molar-refractivity contribution in [3.8, 4) is 0 Å². The maximum absolute atomic E-state index is 12.4. The van der Waals surface area contributed by atoms with Gasteiger partial charge in [-0.25, -0.2) is 0 Å². The molecule has 3 aromatic heterocycles. The van der Waals surface area contributed by atoms with Crippen molar-refractivity contribution in [2.24, 2.45) is 0 Å². The second kappa shape index (κ2) is 7.00. The Bertz CT molecular complexity index is 962. The van der Waals surface area contributed by atoms with Gasteiger partial charge in [0.25, 0.3) is 11.5 Å². The molecule has 4 rings (SSSR count). The highest BCUT2D eigenvalue weighted by molar-refractivity contribution is 5.93. The number of pyridine rings is 2. The summed E-state index contributed by atoms with van der Waals surface area (Å²) in [6.45, 7) is 0.516. The molecule has 26 heavy (non-hydrogen) atoms. The van der Waals surface area contributed by atoms with E-state index < -0.39 is 0 Å². The molecule has 1 atom stereocenters. The number of amides is 1. The van der Waals surface area contributed by atoms with E-state index in [2.05, 4.69) is 10.3 Å². The molecule has 0 fully saturated rings.